The zero-order valence-corrected chi connectivity index (χ0v) is 14.7. The van der Waals surface area contributed by atoms with E-state index in [1.54, 1.807) is 31.4 Å². The summed E-state index contributed by atoms with van der Waals surface area (Å²) in [5.41, 5.74) is 0.956. The van der Waals surface area contributed by atoms with Gasteiger partial charge in [0.15, 0.2) is 0 Å². The van der Waals surface area contributed by atoms with Crippen molar-refractivity contribution in [3.05, 3.63) is 54.0 Å². The van der Waals surface area contributed by atoms with Crippen molar-refractivity contribution in [2.24, 2.45) is 0 Å². The van der Waals surface area contributed by atoms with Gasteiger partial charge in [-0.15, -0.1) is 0 Å². The number of amides is 1. The Morgan fingerprint density at radius 3 is 2.73 bits per heavy atom. The van der Waals surface area contributed by atoms with E-state index in [9.17, 15) is 14.3 Å². The number of methoxy groups -OCH3 is 1. The molecule has 5 nitrogen and oxygen atoms in total. The third-order valence-electron chi connectivity index (χ3n) is 4.81. The number of hydrogen-bond acceptors (Lipinski definition) is 4. The van der Waals surface area contributed by atoms with E-state index in [1.807, 2.05) is 0 Å². The molecule has 3 rings (SSSR count). The normalized spacial score (nSPS) is 22.8. The zero-order valence-electron chi connectivity index (χ0n) is 14.7. The van der Waals surface area contributed by atoms with Crippen molar-refractivity contribution in [2.45, 2.75) is 37.3 Å². The van der Waals surface area contributed by atoms with Gasteiger partial charge < -0.3 is 15.2 Å². The first kappa shape index (κ1) is 18.5. The summed E-state index contributed by atoms with van der Waals surface area (Å²) in [6, 6.07) is 9.61. The lowest BCUT2D eigenvalue weighted by Gasteiger charge is -2.35. The SMILES string of the molecule is COCC1(O)CCC(NC(=O)c2ccc(-c3cccc(F)c3)nc2)CC1. The molecule has 0 radical (unpaired) electrons. The van der Waals surface area contributed by atoms with Crippen LogP contribution in [-0.4, -0.2) is 41.4 Å². The second kappa shape index (κ2) is 7.93. The smallest absolute Gasteiger partial charge is 0.253 e. The second-order valence-electron chi connectivity index (χ2n) is 6.85. The van der Waals surface area contributed by atoms with Gasteiger partial charge in [0.05, 0.1) is 23.5 Å². The number of aromatic nitrogens is 1. The fraction of sp³-hybridized carbons (Fsp3) is 0.400. The van der Waals surface area contributed by atoms with Crippen LogP contribution in [0.4, 0.5) is 4.39 Å². The van der Waals surface area contributed by atoms with Gasteiger partial charge in [-0.1, -0.05) is 12.1 Å². The summed E-state index contributed by atoms with van der Waals surface area (Å²) >= 11 is 0. The van der Waals surface area contributed by atoms with E-state index in [2.05, 4.69) is 10.3 Å². The number of nitrogens with one attached hydrogen (secondary N) is 1. The summed E-state index contributed by atoms with van der Waals surface area (Å²) in [7, 11) is 1.58. The van der Waals surface area contributed by atoms with Crippen LogP contribution in [0.1, 0.15) is 36.0 Å². The second-order valence-corrected chi connectivity index (χ2v) is 6.85. The standard InChI is InChI=1S/C20H23FN2O3/c1-26-13-20(25)9-7-17(8-10-20)23-19(24)15-5-6-18(22-12-15)14-3-2-4-16(21)11-14/h2-6,11-12,17,25H,7-10,13H2,1H3,(H,23,24). The summed E-state index contributed by atoms with van der Waals surface area (Å²) in [5, 5.41) is 13.3. The largest absolute Gasteiger partial charge is 0.387 e. The van der Waals surface area contributed by atoms with Gasteiger partial charge in [0.2, 0.25) is 0 Å². The first-order valence-electron chi connectivity index (χ1n) is 8.73. The Balaban J connectivity index is 1.59. The molecule has 1 heterocycles. The minimum absolute atomic E-state index is 0.0301. The maximum absolute atomic E-state index is 13.3. The molecule has 1 aliphatic rings. The molecule has 6 heteroatoms. The number of halogens is 1. The van der Waals surface area contributed by atoms with Crippen LogP contribution in [0.5, 0.6) is 0 Å². The van der Waals surface area contributed by atoms with Crippen molar-refractivity contribution in [1.29, 1.82) is 0 Å². The predicted octanol–water partition coefficient (Wildman–Crippen LogP) is 2.94. The molecule has 0 unspecified atom stereocenters. The lowest BCUT2D eigenvalue weighted by Crippen LogP contribution is -2.45. The van der Waals surface area contributed by atoms with Gasteiger partial charge in [-0.05, 0) is 49.9 Å². The summed E-state index contributed by atoms with van der Waals surface area (Å²) in [4.78, 5) is 16.7. The van der Waals surface area contributed by atoms with Crippen molar-refractivity contribution in [3.63, 3.8) is 0 Å². The molecular weight excluding hydrogens is 335 g/mol. The number of carbonyl (C=O) groups is 1. The van der Waals surface area contributed by atoms with Crippen molar-refractivity contribution in [2.75, 3.05) is 13.7 Å². The Labute approximate surface area is 152 Å². The lowest BCUT2D eigenvalue weighted by molar-refractivity contribution is -0.0598. The van der Waals surface area contributed by atoms with Crippen LogP contribution in [-0.2, 0) is 4.74 Å². The molecular formula is C20H23FN2O3. The number of carbonyl (C=O) groups excluding carboxylic acids is 1. The highest BCUT2D eigenvalue weighted by molar-refractivity contribution is 5.94. The van der Waals surface area contributed by atoms with Gasteiger partial charge in [-0.3, -0.25) is 9.78 Å². The summed E-state index contributed by atoms with van der Waals surface area (Å²) in [6.07, 6.45) is 4.12. The average Bonchev–Trinajstić information content (AvgIpc) is 2.64. The van der Waals surface area contributed by atoms with Crippen LogP contribution in [0, 0.1) is 5.82 Å². The monoisotopic (exact) mass is 358 g/mol. The van der Waals surface area contributed by atoms with Crippen molar-refractivity contribution < 1.29 is 19.0 Å². The highest BCUT2D eigenvalue weighted by Gasteiger charge is 2.33. The molecule has 0 bridgehead atoms. The number of nitrogens with zero attached hydrogens (tertiary/aromatic N) is 1. The maximum Gasteiger partial charge on any atom is 0.253 e. The van der Waals surface area contributed by atoms with Crippen molar-refractivity contribution in [3.8, 4) is 11.3 Å². The van der Waals surface area contributed by atoms with Crippen LogP contribution in [0.25, 0.3) is 11.3 Å². The molecule has 0 aliphatic heterocycles. The Morgan fingerprint density at radius 2 is 2.12 bits per heavy atom. The Bertz CT molecular complexity index is 756. The lowest BCUT2D eigenvalue weighted by atomic mass is 9.82. The molecule has 0 spiro atoms. The van der Waals surface area contributed by atoms with E-state index in [0.29, 0.717) is 49.1 Å². The number of hydrogen-bond donors (Lipinski definition) is 2. The van der Waals surface area contributed by atoms with E-state index in [1.165, 1.54) is 18.3 Å². The third-order valence-corrected chi connectivity index (χ3v) is 4.81. The molecule has 0 atom stereocenters. The highest BCUT2D eigenvalue weighted by Crippen LogP contribution is 2.28. The summed E-state index contributed by atoms with van der Waals surface area (Å²) < 4.78 is 18.4. The van der Waals surface area contributed by atoms with Crippen LogP contribution >= 0.6 is 0 Å². The Morgan fingerprint density at radius 1 is 1.35 bits per heavy atom. The van der Waals surface area contributed by atoms with Gasteiger partial charge in [-0.2, -0.15) is 0 Å². The van der Waals surface area contributed by atoms with Gasteiger partial charge in [-0.25, -0.2) is 4.39 Å². The zero-order chi connectivity index (χ0) is 18.6. The molecule has 2 N–H and O–H groups in total. The molecule has 0 saturated heterocycles. The number of pyridine rings is 1. The van der Waals surface area contributed by atoms with Crippen LogP contribution < -0.4 is 5.32 Å². The van der Waals surface area contributed by atoms with E-state index in [4.69, 9.17) is 4.74 Å². The van der Waals surface area contributed by atoms with E-state index < -0.39 is 5.60 Å². The van der Waals surface area contributed by atoms with E-state index in [0.717, 1.165) is 0 Å². The van der Waals surface area contributed by atoms with Crippen LogP contribution in [0.3, 0.4) is 0 Å². The van der Waals surface area contributed by atoms with Gasteiger partial charge in [0, 0.05) is 24.9 Å². The number of aliphatic hydroxyl groups is 1. The fourth-order valence-corrected chi connectivity index (χ4v) is 3.33. The minimum Gasteiger partial charge on any atom is -0.387 e. The molecule has 138 valence electrons. The molecule has 1 aromatic heterocycles. The quantitative estimate of drug-likeness (QED) is 0.862. The van der Waals surface area contributed by atoms with E-state index in [-0.39, 0.29) is 17.8 Å². The third kappa shape index (κ3) is 4.45. The molecule has 2 aromatic rings. The number of benzene rings is 1. The number of ether oxygens (including phenoxy) is 1. The topological polar surface area (TPSA) is 71.5 Å². The Kier molecular flexibility index (Phi) is 5.64. The van der Waals surface area contributed by atoms with E-state index >= 15 is 0 Å². The summed E-state index contributed by atoms with van der Waals surface area (Å²) in [6.45, 7) is 0.319. The average molecular weight is 358 g/mol. The molecule has 1 saturated carbocycles. The molecule has 1 amide bonds. The predicted molar refractivity (Wildman–Crippen MR) is 96.2 cm³/mol. The highest BCUT2D eigenvalue weighted by atomic mass is 19.1. The number of rotatable bonds is 5. The fourth-order valence-electron chi connectivity index (χ4n) is 3.33. The molecule has 26 heavy (non-hydrogen) atoms. The van der Waals surface area contributed by atoms with Gasteiger partial charge >= 0.3 is 0 Å². The first-order valence-corrected chi connectivity index (χ1v) is 8.73. The van der Waals surface area contributed by atoms with Crippen molar-refractivity contribution in [1.82, 2.24) is 10.3 Å². The molecule has 1 aliphatic carbocycles. The summed E-state index contributed by atoms with van der Waals surface area (Å²) in [5.74, 6) is -0.512. The van der Waals surface area contributed by atoms with Gasteiger partial charge in [0.1, 0.15) is 5.82 Å². The molecule has 1 fully saturated rings. The van der Waals surface area contributed by atoms with Crippen LogP contribution in [0.15, 0.2) is 42.6 Å². The minimum atomic E-state index is -0.788. The molecule has 1 aromatic carbocycles. The Hall–Kier alpha value is -2.31. The van der Waals surface area contributed by atoms with Crippen molar-refractivity contribution >= 4 is 5.91 Å². The van der Waals surface area contributed by atoms with Crippen LogP contribution in [0.2, 0.25) is 0 Å². The van der Waals surface area contributed by atoms with Gasteiger partial charge in [0.25, 0.3) is 5.91 Å². The first-order chi connectivity index (χ1) is 12.5. The maximum atomic E-state index is 13.3.